The number of aromatic nitrogens is 1. The summed E-state index contributed by atoms with van der Waals surface area (Å²) in [6.45, 7) is 1.86. The minimum Gasteiger partial charge on any atom is -0.391 e. The van der Waals surface area contributed by atoms with E-state index in [1.54, 1.807) is 19.2 Å². The zero-order valence-electron chi connectivity index (χ0n) is 12.0. The molecular formula is C16H16F2N2O2. The van der Waals surface area contributed by atoms with Gasteiger partial charge in [-0.2, -0.15) is 0 Å². The Kier molecular flexibility index (Phi) is 3.70. The lowest BCUT2D eigenvalue weighted by molar-refractivity contribution is 0.0713. The molecule has 1 aromatic carbocycles. The van der Waals surface area contributed by atoms with Crippen molar-refractivity contribution in [2.75, 3.05) is 6.54 Å². The van der Waals surface area contributed by atoms with Gasteiger partial charge in [0.25, 0.3) is 5.91 Å². The molecule has 0 saturated carbocycles. The van der Waals surface area contributed by atoms with Crippen LogP contribution in [0.4, 0.5) is 8.78 Å². The molecule has 2 aromatic rings. The minimum absolute atomic E-state index is 0.0955. The first-order valence-electron chi connectivity index (χ1n) is 7.05. The van der Waals surface area contributed by atoms with Crippen molar-refractivity contribution in [3.8, 4) is 0 Å². The van der Waals surface area contributed by atoms with E-state index in [4.69, 9.17) is 0 Å². The van der Waals surface area contributed by atoms with Gasteiger partial charge in [0, 0.05) is 24.0 Å². The summed E-state index contributed by atoms with van der Waals surface area (Å²) in [5, 5.41) is 9.89. The standard InChI is InChI=1S/C16H16F2N2O2/c1-9-12(4-5-19-9)16(22)20-8-11(21)7-15(20)13-6-10(17)2-3-14(13)18/h2-6,11,15,19,21H,7-8H2,1H3. The van der Waals surface area contributed by atoms with Gasteiger partial charge < -0.3 is 15.0 Å². The number of carbonyl (C=O) groups excluding carboxylic acids is 1. The number of nitrogens with one attached hydrogen (secondary N) is 1. The third kappa shape index (κ3) is 2.50. The Labute approximate surface area is 126 Å². The summed E-state index contributed by atoms with van der Waals surface area (Å²) in [7, 11) is 0. The number of benzene rings is 1. The largest absolute Gasteiger partial charge is 0.391 e. The van der Waals surface area contributed by atoms with Gasteiger partial charge in [0.15, 0.2) is 0 Å². The van der Waals surface area contributed by atoms with Crippen LogP contribution >= 0.6 is 0 Å². The van der Waals surface area contributed by atoms with Gasteiger partial charge in [0.05, 0.1) is 17.7 Å². The second-order valence-corrected chi connectivity index (χ2v) is 5.55. The van der Waals surface area contributed by atoms with Gasteiger partial charge in [-0.05, 0) is 37.6 Å². The van der Waals surface area contributed by atoms with Crippen molar-refractivity contribution in [3.05, 3.63) is 58.9 Å². The number of aliphatic hydroxyl groups is 1. The molecule has 0 radical (unpaired) electrons. The van der Waals surface area contributed by atoms with Crippen molar-refractivity contribution in [1.82, 2.24) is 9.88 Å². The summed E-state index contributed by atoms with van der Waals surface area (Å²) in [5.74, 6) is -1.45. The van der Waals surface area contributed by atoms with E-state index >= 15 is 0 Å². The van der Waals surface area contributed by atoms with Crippen LogP contribution in [0.5, 0.6) is 0 Å². The van der Waals surface area contributed by atoms with Crippen LogP contribution in [0.15, 0.2) is 30.5 Å². The smallest absolute Gasteiger partial charge is 0.256 e. The fourth-order valence-corrected chi connectivity index (χ4v) is 2.94. The molecule has 2 heterocycles. The second kappa shape index (κ2) is 5.53. The molecule has 6 heteroatoms. The molecule has 2 atom stereocenters. The first kappa shape index (κ1) is 14.7. The zero-order valence-corrected chi connectivity index (χ0v) is 12.0. The molecule has 0 aliphatic carbocycles. The van der Waals surface area contributed by atoms with Crippen LogP contribution in [0.2, 0.25) is 0 Å². The number of amides is 1. The lowest BCUT2D eigenvalue weighted by Gasteiger charge is -2.25. The van der Waals surface area contributed by atoms with Gasteiger partial charge in [-0.3, -0.25) is 4.79 Å². The van der Waals surface area contributed by atoms with Crippen molar-refractivity contribution in [3.63, 3.8) is 0 Å². The lowest BCUT2D eigenvalue weighted by Crippen LogP contribution is -2.32. The van der Waals surface area contributed by atoms with Gasteiger partial charge >= 0.3 is 0 Å². The van der Waals surface area contributed by atoms with Gasteiger partial charge in [-0.15, -0.1) is 0 Å². The normalized spacial score (nSPS) is 21.4. The maximum Gasteiger partial charge on any atom is 0.256 e. The first-order chi connectivity index (χ1) is 10.5. The molecular weight excluding hydrogens is 290 g/mol. The van der Waals surface area contributed by atoms with Crippen molar-refractivity contribution < 1.29 is 18.7 Å². The van der Waals surface area contributed by atoms with E-state index in [-0.39, 0.29) is 24.4 Å². The average Bonchev–Trinajstić information content (AvgIpc) is 3.07. The van der Waals surface area contributed by atoms with E-state index in [0.29, 0.717) is 11.3 Å². The van der Waals surface area contributed by atoms with Gasteiger partial charge in [-0.25, -0.2) is 8.78 Å². The molecule has 2 N–H and O–H groups in total. The number of H-pyrrole nitrogens is 1. The molecule has 1 aliphatic rings. The van der Waals surface area contributed by atoms with Crippen LogP contribution in [-0.4, -0.2) is 33.5 Å². The average molecular weight is 306 g/mol. The Balaban J connectivity index is 1.98. The first-order valence-corrected chi connectivity index (χ1v) is 7.05. The molecule has 3 rings (SSSR count). The van der Waals surface area contributed by atoms with Crippen LogP contribution in [0.3, 0.4) is 0 Å². The summed E-state index contributed by atoms with van der Waals surface area (Å²) < 4.78 is 27.4. The van der Waals surface area contributed by atoms with E-state index in [1.807, 2.05) is 0 Å². The molecule has 1 aliphatic heterocycles. The monoisotopic (exact) mass is 306 g/mol. The predicted octanol–water partition coefficient (Wildman–Crippen LogP) is 2.55. The highest BCUT2D eigenvalue weighted by atomic mass is 19.1. The molecule has 22 heavy (non-hydrogen) atoms. The summed E-state index contributed by atoms with van der Waals surface area (Å²) in [6, 6.07) is 4.13. The third-order valence-corrected chi connectivity index (χ3v) is 4.04. The summed E-state index contributed by atoms with van der Waals surface area (Å²) >= 11 is 0. The Bertz CT molecular complexity index is 714. The molecule has 1 amide bonds. The molecule has 4 nitrogen and oxygen atoms in total. The quantitative estimate of drug-likeness (QED) is 0.896. The van der Waals surface area contributed by atoms with Crippen molar-refractivity contribution >= 4 is 5.91 Å². The Morgan fingerprint density at radius 3 is 2.82 bits per heavy atom. The number of β-amino-alcohol motifs (C(OH)–C–C–N with tert-alkyl or cyclic N) is 1. The predicted molar refractivity (Wildman–Crippen MR) is 76.3 cm³/mol. The van der Waals surface area contributed by atoms with E-state index in [0.717, 1.165) is 18.2 Å². The van der Waals surface area contributed by atoms with Crippen LogP contribution in [0.1, 0.15) is 34.1 Å². The molecule has 0 bridgehead atoms. The fourth-order valence-electron chi connectivity index (χ4n) is 2.94. The van der Waals surface area contributed by atoms with Crippen LogP contribution in [0.25, 0.3) is 0 Å². The number of halogens is 2. The molecule has 2 unspecified atom stereocenters. The van der Waals surface area contributed by atoms with Crippen LogP contribution in [0, 0.1) is 18.6 Å². The molecule has 1 aromatic heterocycles. The Hall–Kier alpha value is -2.21. The molecule has 1 fully saturated rings. The highest BCUT2D eigenvalue weighted by Crippen LogP contribution is 2.35. The lowest BCUT2D eigenvalue weighted by atomic mass is 10.0. The maximum atomic E-state index is 14.0. The van der Waals surface area contributed by atoms with E-state index in [9.17, 15) is 18.7 Å². The van der Waals surface area contributed by atoms with Gasteiger partial charge in [0.2, 0.25) is 0 Å². The Morgan fingerprint density at radius 2 is 2.14 bits per heavy atom. The highest BCUT2D eigenvalue weighted by Gasteiger charge is 2.37. The molecule has 0 spiro atoms. The second-order valence-electron chi connectivity index (χ2n) is 5.55. The van der Waals surface area contributed by atoms with Crippen molar-refractivity contribution in [2.24, 2.45) is 0 Å². The van der Waals surface area contributed by atoms with E-state index in [1.165, 1.54) is 4.90 Å². The maximum absolute atomic E-state index is 14.0. The Morgan fingerprint density at radius 1 is 1.36 bits per heavy atom. The number of hydrogen-bond acceptors (Lipinski definition) is 2. The number of likely N-dealkylation sites (tertiary alicyclic amines) is 1. The number of rotatable bonds is 2. The van der Waals surface area contributed by atoms with Crippen molar-refractivity contribution in [1.29, 1.82) is 0 Å². The van der Waals surface area contributed by atoms with Gasteiger partial charge in [-0.1, -0.05) is 0 Å². The SMILES string of the molecule is Cc1[nH]ccc1C(=O)N1CC(O)CC1c1cc(F)ccc1F. The summed E-state index contributed by atoms with van der Waals surface area (Å²) in [4.78, 5) is 16.9. The number of nitrogens with zero attached hydrogens (tertiary/aromatic N) is 1. The number of aromatic amines is 1. The topological polar surface area (TPSA) is 56.3 Å². The zero-order chi connectivity index (χ0) is 15.9. The highest BCUT2D eigenvalue weighted by molar-refractivity contribution is 5.95. The third-order valence-electron chi connectivity index (χ3n) is 4.04. The van der Waals surface area contributed by atoms with E-state index < -0.39 is 23.8 Å². The molecule has 116 valence electrons. The molecule has 1 saturated heterocycles. The number of hydrogen-bond donors (Lipinski definition) is 2. The van der Waals surface area contributed by atoms with Crippen molar-refractivity contribution in [2.45, 2.75) is 25.5 Å². The van der Waals surface area contributed by atoms with Gasteiger partial charge in [0.1, 0.15) is 11.6 Å². The fraction of sp³-hybridized carbons (Fsp3) is 0.312. The summed E-state index contributed by atoms with van der Waals surface area (Å²) in [5.41, 5.74) is 1.26. The number of carbonyl (C=O) groups is 1. The van der Waals surface area contributed by atoms with Crippen LogP contribution in [-0.2, 0) is 0 Å². The van der Waals surface area contributed by atoms with Crippen LogP contribution < -0.4 is 0 Å². The summed E-state index contributed by atoms with van der Waals surface area (Å²) in [6.07, 6.45) is 1.08. The minimum atomic E-state index is -0.754. The van der Waals surface area contributed by atoms with E-state index in [2.05, 4.69) is 4.98 Å². The number of aryl methyl sites for hydroxylation is 1. The number of aliphatic hydroxyl groups excluding tert-OH is 1.